The molecule has 0 fully saturated rings. The van der Waals surface area contributed by atoms with Gasteiger partial charge in [0, 0.05) is 12.6 Å². The Kier molecular flexibility index (Phi) is 6.65. The molecule has 1 N–H and O–H groups in total. The molecule has 0 saturated heterocycles. The van der Waals surface area contributed by atoms with Crippen LogP contribution < -0.4 is 5.32 Å². The van der Waals surface area contributed by atoms with E-state index in [0.29, 0.717) is 19.1 Å². The van der Waals surface area contributed by atoms with Crippen molar-refractivity contribution in [1.29, 1.82) is 0 Å². The Hall–Kier alpha value is -1.42. The largest absolute Gasteiger partial charge is 0.335 e. The topological polar surface area (TPSA) is 32.3 Å². The summed E-state index contributed by atoms with van der Waals surface area (Å²) in [5, 5.41) is 3.21. The number of hydrogen-bond acceptors (Lipinski definition) is 2. The van der Waals surface area contributed by atoms with Gasteiger partial charge in [0.25, 0.3) is 0 Å². The first kappa shape index (κ1) is 16.6. The molecule has 0 aliphatic carbocycles. The maximum absolute atomic E-state index is 12.9. The number of halogens is 1. The lowest BCUT2D eigenvalue weighted by molar-refractivity contribution is -0.132. The Balaban J connectivity index is 2.69. The lowest BCUT2D eigenvalue weighted by Crippen LogP contribution is -2.41. The molecular formula is C16H25FN2O. The van der Waals surface area contributed by atoms with E-state index in [1.807, 2.05) is 18.7 Å². The van der Waals surface area contributed by atoms with Crippen molar-refractivity contribution in [1.82, 2.24) is 10.2 Å². The molecule has 0 aromatic heterocycles. The van der Waals surface area contributed by atoms with Gasteiger partial charge in [-0.05, 0) is 44.9 Å². The van der Waals surface area contributed by atoms with Crippen LogP contribution in [0.25, 0.3) is 0 Å². The second-order valence-corrected chi connectivity index (χ2v) is 5.10. The molecule has 1 aromatic rings. The summed E-state index contributed by atoms with van der Waals surface area (Å²) in [6, 6.07) is 6.62. The van der Waals surface area contributed by atoms with Gasteiger partial charge in [0.2, 0.25) is 5.91 Å². The minimum absolute atomic E-state index is 0.0492. The molecule has 0 aliphatic heterocycles. The van der Waals surface area contributed by atoms with Gasteiger partial charge in [0.15, 0.2) is 0 Å². The zero-order valence-corrected chi connectivity index (χ0v) is 12.8. The van der Waals surface area contributed by atoms with E-state index in [0.717, 1.165) is 12.0 Å². The smallest absolute Gasteiger partial charge is 0.237 e. The number of hydrogen-bond donors (Lipinski definition) is 1. The van der Waals surface area contributed by atoms with Crippen LogP contribution in [-0.2, 0) is 4.79 Å². The van der Waals surface area contributed by atoms with Crippen LogP contribution >= 0.6 is 0 Å². The highest BCUT2D eigenvalue weighted by molar-refractivity contribution is 5.78. The van der Waals surface area contributed by atoms with Crippen molar-refractivity contribution >= 4 is 5.91 Å². The number of rotatable bonds is 7. The summed E-state index contributed by atoms with van der Waals surface area (Å²) in [5.74, 6) is -0.182. The van der Waals surface area contributed by atoms with Crippen molar-refractivity contribution in [3.05, 3.63) is 35.6 Å². The zero-order valence-electron chi connectivity index (χ0n) is 12.8. The van der Waals surface area contributed by atoms with Gasteiger partial charge in [0.05, 0.1) is 12.6 Å². The molecule has 112 valence electrons. The number of benzene rings is 1. The van der Waals surface area contributed by atoms with E-state index < -0.39 is 0 Å². The summed E-state index contributed by atoms with van der Waals surface area (Å²) < 4.78 is 12.9. The Bertz CT molecular complexity index is 419. The third kappa shape index (κ3) is 4.60. The highest BCUT2D eigenvalue weighted by Gasteiger charge is 2.19. The molecule has 0 aliphatic rings. The Morgan fingerprint density at radius 1 is 1.25 bits per heavy atom. The minimum atomic E-state index is -0.256. The van der Waals surface area contributed by atoms with Crippen molar-refractivity contribution in [2.45, 2.75) is 46.2 Å². The fourth-order valence-corrected chi connectivity index (χ4v) is 2.09. The molecule has 0 radical (unpaired) electrons. The molecule has 1 amide bonds. The SMILES string of the molecule is CCC(C)NCC(=O)N(CC)C(C)c1ccc(F)cc1. The molecular weight excluding hydrogens is 255 g/mol. The predicted molar refractivity (Wildman–Crippen MR) is 80.0 cm³/mol. The van der Waals surface area contributed by atoms with Crippen LogP contribution in [0.1, 0.15) is 45.7 Å². The Morgan fingerprint density at radius 2 is 1.85 bits per heavy atom. The van der Waals surface area contributed by atoms with Crippen LogP contribution in [-0.4, -0.2) is 29.9 Å². The summed E-state index contributed by atoms with van der Waals surface area (Å²) in [7, 11) is 0. The molecule has 0 spiro atoms. The standard InChI is InChI=1S/C16H25FN2O/c1-5-12(3)18-11-16(20)19(6-2)13(4)14-7-9-15(17)10-8-14/h7-10,12-13,18H,5-6,11H2,1-4H3. The first-order valence-electron chi connectivity index (χ1n) is 7.27. The molecule has 2 unspecified atom stereocenters. The fourth-order valence-electron chi connectivity index (χ4n) is 2.09. The summed E-state index contributed by atoms with van der Waals surface area (Å²) in [6.45, 7) is 9.06. The van der Waals surface area contributed by atoms with E-state index in [4.69, 9.17) is 0 Å². The van der Waals surface area contributed by atoms with Crippen molar-refractivity contribution in [3.63, 3.8) is 0 Å². The van der Waals surface area contributed by atoms with E-state index in [-0.39, 0.29) is 17.8 Å². The number of carbonyl (C=O) groups excluding carboxylic acids is 1. The second kappa shape index (κ2) is 8.00. The maximum atomic E-state index is 12.9. The van der Waals surface area contributed by atoms with Crippen LogP contribution in [0.15, 0.2) is 24.3 Å². The lowest BCUT2D eigenvalue weighted by atomic mass is 10.1. The Labute approximate surface area is 121 Å². The van der Waals surface area contributed by atoms with Gasteiger partial charge in [-0.3, -0.25) is 4.79 Å². The van der Waals surface area contributed by atoms with Gasteiger partial charge in [-0.25, -0.2) is 4.39 Å². The molecule has 20 heavy (non-hydrogen) atoms. The highest BCUT2D eigenvalue weighted by atomic mass is 19.1. The third-order valence-corrected chi connectivity index (χ3v) is 3.70. The summed E-state index contributed by atoms with van der Waals surface area (Å²) >= 11 is 0. The van der Waals surface area contributed by atoms with Gasteiger partial charge in [-0.1, -0.05) is 19.1 Å². The number of nitrogens with one attached hydrogen (secondary N) is 1. The van der Waals surface area contributed by atoms with Crippen molar-refractivity contribution in [2.24, 2.45) is 0 Å². The fraction of sp³-hybridized carbons (Fsp3) is 0.562. The number of nitrogens with zero attached hydrogens (tertiary/aromatic N) is 1. The van der Waals surface area contributed by atoms with Gasteiger partial charge >= 0.3 is 0 Å². The quantitative estimate of drug-likeness (QED) is 0.832. The summed E-state index contributed by atoms with van der Waals surface area (Å²) in [4.78, 5) is 14.1. The molecule has 2 atom stereocenters. The number of carbonyl (C=O) groups is 1. The summed E-state index contributed by atoms with van der Waals surface area (Å²) in [5.41, 5.74) is 0.949. The lowest BCUT2D eigenvalue weighted by Gasteiger charge is -2.29. The average Bonchev–Trinajstić information content (AvgIpc) is 2.46. The van der Waals surface area contributed by atoms with E-state index in [9.17, 15) is 9.18 Å². The molecule has 0 heterocycles. The molecule has 1 aromatic carbocycles. The van der Waals surface area contributed by atoms with Crippen molar-refractivity contribution in [3.8, 4) is 0 Å². The van der Waals surface area contributed by atoms with Gasteiger partial charge in [-0.2, -0.15) is 0 Å². The van der Waals surface area contributed by atoms with Crippen molar-refractivity contribution in [2.75, 3.05) is 13.1 Å². The minimum Gasteiger partial charge on any atom is -0.335 e. The Morgan fingerprint density at radius 3 is 2.35 bits per heavy atom. The highest BCUT2D eigenvalue weighted by Crippen LogP contribution is 2.20. The molecule has 0 saturated carbocycles. The molecule has 3 nitrogen and oxygen atoms in total. The van der Waals surface area contributed by atoms with E-state index in [1.165, 1.54) is 12.1 Å². The number of amides is 1. The van der Waals surface area contributed by atoms with E-state index in [1.54, 1.807) is 12.1 Å². The van der Waals surface area contributed by atoms with Crippen LogP contribution in [0.2, 0.25) is 0 Å². The predicted octanol–water partition coefficient (Wildman–Crippen LogP) is 3.12. The molecule has 4 heteroatoms. The van der Waals surface area contributed by atoms with Crippen molar-refractivity contribution < 1.29 is 9.18 Å². The molecule has 0 bridgehead atoms. The van der Waals surface area contributed by atoms with Crippen LogP contribution in [0.4, 0.5) is 4.39 Å². The average molecular weight is 280 g/mol. The van der Waals surface area contributed by atoms with Gasteiger partial charge < -0.3 is 10.2 Å². The maximum Gasteiger partial charge on any atom is 0.237 e. The first-order valence-corrected chi connectivity index (χ1v) is 7.27. The van der Waals surface area contributed by atoms with E-state index in [2.05, 4.69) is 19.2 Å². The summed E-state index contributed by atoms with van der Waals surface area (Å²) in [6.07, 6.45) is 0.993. The second-order valence-electron chi connectivity index (χ2n) is 5.10. The monoisotopic (exact) mass is 280 g/mol. The number of likely N-dealkylation sites (N-methyl/N-ethyl adjacent to an activating group) is 1. The van der Waals surface area contributed by atoms with Crippen LogP contribution in [0.5, 0.6) is 0 Å². The van der Waals surface area contributed by atoms with Crippen LogP contribution in [0.3, 0.4) is 0 Å². The molecule has 1 rings (SSSR count). The van der Waals surface area contributed by atoms with E-state index >= 15 is 0 Å². The van der Waals surface area contributed by atoms with Gasteiger partial charge in [0.1, 0.15) is 5.82 Å². The third-order valence-electron chi connectivity index (χ3n) is 3.70. The van der Waals surface area contributed by atoms with Gasteiger partial charge in [-0.15, -0.1) is 0 Å². The van der Waals surface area contributed by atoms with Crippen LogP contribution in [0, 0.1) is 5.82 Å². The zero-order chi connectivity index (χ0) is 15.1. The normalized spacial score (nSPS) is 13.8. The first-order chi connectivity index (χ1) is 9.49.